The summed E-state index contributed by atoms with van der Waals surface area (Å²) in [5.41, 5.74) is 6.72. The molecule has 1 aliphatic rings. The second-order valence-electron chi connectivity index (χ2n) is 4.51. The Morgan fingerprint density at radius 2 is 2.44 bits per heavy atom. The lowest BCUT2D eigenvalue weighted by Gasteiger charge is -2.23. The van der Waals surface area contributed by atoms with E-state index in [1.165, 1.54) is 5.56 Å². The monoisotopic (exact) mass is 247 g/mol. The van der Waals surface area contributed by atoms with Gasteiger partial charge in [-0.3, -0.25) is 4.68 Å². The quantitative estimate of drug-likeness (QED) is 0.792. The normalized spacial score (nSPS) is 18.4. The van der Waals surface area contributed by atoms with E-state index in [0.29, 0.717) is 13.0 Å². The first-order valence-corrected chi connectivity index (χ1v) is 6.16. The first-order chi connectivity index (χ1) is 8.78. The van der Waals surface area contributed by atoms with E-state index in [1.807, 2.05) is 28.8 Å². The Kier molecular flexibility index (Phi) is 2.75. The highest BCUT2D eigenvalue weighted by Gasteiger charge is 2.25. The summed E-state index contributed by atoms with van der Waals surface area (Å²) in [7, 11) is 1.92. The van der Waals surface area contributed by atoms with Gasteiger partial charge in [-0.25, -0.2) is 4.68 Å². The summed E-state index contributed by atoms with van der Waals surface area (Å²) < 4.78 is 3.76. The van der Waals surface area contributed by atoms with Crippen LogP contribution in [0.4, 0.5) is 5.95 Å². The van der Waals surface area contributed by atoms with Crippen LogP contribution in [-0.4, -0.2) is 37.6 Å². The van der Waals surface area contributed by atoms with Gasteiger partial charge < -0.3 is 11.1 Å². The lowest BCUT2D eigenvalue weighted by atomic mass is 10.1. The van der Waals surface area contributed by atoms with Crippen LogP contribution in [0.1, 0.15) is 23.9 Å². The number of nitrogens with zero attached hydrogens (tertiary/aromatic N) is 5. The van der Waals surface area contributed by atoms with E-state index in [4.69, 9.17) is 5.73 Å². The Balaban J connectivity index is 1.95. The number of hydrogen-bond donors (Lipinski definition) is 2. The second-order valence-corrected chi connectivity index (χ2v) is 4.51. The van der Waals surface area contributed by atoms with Gasteiger partial charge in [0.15, 0.2) is 5.82 Å². The average molecular weight is 247 g/mol. The molecule has 3 N–H and O–H groups in total. The fraction of sp³-hybridized carbons (Fsp3) is 0.545. The predicted molar refractivity (Wildman–Crippen MR) is 67.2 cm³/mol. The Bertz CT molecular complexity index is 541. The van der Waals surface area contributed by atoms with Crippen LogP contribution < -0.4 is 11.1 Å². The fourth-order valence-electron chi connectivity index (χ4n) is 2.30. The minimum absolute atomic E-state index is 0.217. The molecule has 7 nitrogen and oxygen atoms in total. The van der Waals surface area contributed by atoms with Crippen LogP contribution in [0.25, 0.3) is 0 Å². The summed E-state index contributed by atoms with van der Waals surface area (Å²) in [4.78, 5) is 4.46. The van der Waals surface area contributed by atoms with Gasteiger partial charge >= 0.3 is 0 Å². The van der Waals surface area contributed by atoms with Gasteiger partial charge in [0.25, 0.3) is 0 Å². The molecular weight excluding hydrogens is 230 g/mol. The predicted octanol–water partition coefficient (Wildman–Crippen LogP) is -0.0822. The Labute approximate surface area is 105 Å². The lowest BCUT2D eigenvalue weighted by molar-refractivity contribution is 0.477. The number of rotatable bonds is 3. The summed E-state index contributed by atoms with van der Waals surface area (Å²) >= 11 is 0. The van der Waals surface area contributed by atoms with Crippen LogP contribution in [-0.2, 0) is 13.5 Å². The van der Waals surface area contributed by atoms with Crippen LogP contribution in [0.5, 0.6) is 0 Å². The molecule has 3 rings (SSSR count). The van der Waals surface area contributed by atoms with Crippen LogP contribution in [0, 0.1) is 0 Å². The number of fused-ring (bicyclic) bond motifs is 1. The van der Waals surface area contributed by atoms with Crippen molar-refractivity contribution in [2.45, 2.75) is 18.9 Å². The topological polar surface area (TPSA) is 86.6 Å². The minimum atomic E-state index is 0.217. The molecule has 96 valence electrons. The van der Waals surface area contributed by atoms with Crippen LogP contribution in [0.15, 0.2) is 12.4 Å². The third-order valence-corrected chi connectivity index (χ3v) is 3.15. The molecule has 0 amide bonds. The number of hydrogen-bond acceptors (Lipinski definition) is 5. The fourth-order valence-corrected chi connectivity index (χ4v) is 2.30. The van der Waals surface area contributed by atoms with Crippen molar-refractivity contribution in [1.82, 2.24) is 24.5 Å². The highest BCUT2D eigenvalue weighted by atomic mass is 15.4. The first kappa shape index (κ1) is 11.2. The first-order valence-electron chi connectivity index (χ1n) is 6.16. The molecule has 0 bridgehead atoms. The van der Waals surface area contributed by atoms with E-state index in [0.717, 1.165) is 24.7 Å². The maximum atomic E-state index is 5.54. The molecule has 1 aliphatic heterocycles. The molecule has 0 saturated carbocycles. The summed E-state index contributed by atoms with van der Waals surface area (Å²) in [5, 5.41) is 12.0. The molecule has 0 fully saturated rings. The van der Waals surface area contributed by atoms with Crippen LogP contribution >= 0.6 is 0 Å². The van der Waals surface area contributed by atoms with E-state index >= 15 is 0 Å². The van der Waals surface area contributed by atoms with E-state index in [2.05, 4.69) is 20.5 Å². The average Bonchev–Trinajstić information content (AvgIpc) is 2.94. The number of nitrogens with two attached hydrogens (primary N) is 1. The molecule has 0 aliphatic carbocycles. The Morgan fingerprint density at radius 1 is 1.56 bits per heavy atom. The third-order valence-electron chi connectivity index (χ3n) is 3.15. The van der Waals surface area contributed by atoms with E-state index < -0.39 is 0 Å². The molecule has 7 heteroatoms. The van der Waals surface area contributed by atoms with E-state index in [-0.39, 0.29) is 6.04 Å². The van der Waals surface area contributed by atoms with Gasteiger partial charge in [-0.05, 0) is 13.0 Å². The number of aromatic nitrogens is 5. The maximum Gasteiger partial charge on any atom is 0.221 e. The van der Waals surface area contributed by atoms with Gasteiger partial charge in [-0.1, -0.05) is 0 Å². The second kappa shape index (κ2) is 4.41. The summed E-state index contributed by atoms with van der Waals surface area (Å²) in [6.45, 7) is 1.47. The van der Waals surface area contributed by atoms with Crippen molar-refractivity contribution in [3.8, 4) is 0 Å². The van der Waals surface area contributed by atoms with Crippen molar-refractivity contribution >= 4 is 5.95 Å². The SMILES string of the molecule is Cn1cc(C2CCNc3nc(CCN)nn32)cn1. The highest BCUT2D eigenvalue weighted by Crippen LogP contribution is 2.27. The molecule has 1 atom stereocenters. The zero-order valence-corrected chi connectivity index (χ0v) is 10.4. The molecular formula is C11H17N7. The standard InChI is InChI=1S/C11H17N7/c1-17-7-8(6-14-17)9-3-5-13-11-15-10(2-4-12)16-18(9)11/h6-7,9H,2-5,12H2,1H3,(H,13,15,16). The van der Waals surface area contributed by atoms with Crippen molar-refractivity contribution in [3.05, 3.63) is 23.8 Å². The van der Waals surface area contributed by atoms with E-state index in [9.17, 15) is 0 Å². The smallest absolute Gasteiger partial charge is 0.221 e. The largest absolute Gasteiger partial charge is 0.354 e. The van der Waals surface area contributed by atoms with E-state index in [1.54, 1.807) is 0 Å². The Morgan fingerprint density at radius 3 is 3.17 bits per heavy atom. The van der Waals surface area contributed by atoms with Crippen molar-refractivity contribution in [3.63, 3.8) is 0 Å². The van der Waals surface area contributed by atoms with Crippen LogP contribution in [0.3, 0.4) is 0 Å². The lowest BCUT2D eigenvalue weighted by Crippen LogP contribution is -2.24. The molecule has 18 heavy (non-hydrogen) atoms. The summed E-state index contributed by atoms with van der Waals surface area (Å²) in [6, 6.07) is 0.217. The summed E-state index contributed by atoms with van der Waals surface area (Å²) in [6.07, 6.45) is 5.62. The Hall–Kier alpha value is -1.89. The van der Waals surface area contributed by atoms with Gasteiger partial charge in [0.1, 0.15) is 0 Å². The molecule has 1 unspecified atom stereocenters. The number of aryl methyl sites for hydroxylation is 1. The van der Waals surface area contributed by atoms with Crippen molar-refractivity contribution in [2.24, 2.45) is 12.8 Å². The third kappa shape index (κ3) is 1.86. The van der Waals surface area contributed by atoms with Gasteiger partial charge in [0.2, 0.25) is 5.95 Å². The number of nitrogens with one attached hydrogen (secondary N) is 1. The molecule has 2 aromatic rings. The zero-order chi connectivity index (χ0) is 12.5. The van der Waals surface area contributed by atoms with Gasteiger partial charge in [0, 0.05) is 31.8 Å². The molecule has 0 aromatic carbocycles. The molecule has 3 heterocycles. The zero-order valence-electron chi connectivity index (χ0n) is 10.4. The highest BCUT2D eigenvalue weighted by molar-refractivity contribution is 5.31. The van der Waals surface area contributed by atoms with Gasteiger partial charge in [0.05, 0.1) is 12.2 Å². The van der Waals surface area contributed by atoms with Gasteiger partial charge in [-0.2, -0.15) is 15.2 Å². The van der Waals surface area contributed by atoms with Gasteiger partial charge in [-0.15, -0.1) is 0 Å². The summed E-state index contributed by atoms with van der Waals surface area (Å²) in [5.74, 6) is 1.63. The van der Waals surface area contributed by atoms with Crippen LogP contribution in [0.2, 0.25) is 0 Å². The molecule has 0 saturated heterocycles. The minimum Gasteiger partial charge on any atom is -0.354 e. The number of anilines is 1. The molecule has 2 aromatic heterocycles. The van der Waals surface area contributed by atoms with Crippen molar-refractivity contribution < 1.29 is 0 Å². The maximum absolute atomic E-state index is 5.54. The van der Waals surface area contributed by atoms with Crippen molar-refractivity contribution in [2.75, 3.05) is 18.4 Å². The van der Waals surface area contributed by atoms with Crippen molar-refractivity contribution in [1.29, 1.82) is 0 Å². The molecule has 0 radical (unpaired) electrons. The molecule has 0 spiro atoms.